The van der Waals surface area contributed by atoms with Crippen LogP contribution in [0.1, 0.15) is 30.4 Å². The van der Waals surface area contributed by atoms with E-state index in [1.807, 2.05) is 35.2 Å². The molecule has 4 unspecified atom stereocenters. The number of aliphatic hydroxyl groups excluding tert-OH is 2. The summed E-state index contributed by atoms with van der Waals surface area (Å²) in [6.07, 6.45) is 3.12. The molecule has 2 aromatic carbocycles. The molecule has 2 aliphatic rings. The number of nitrogens with zero attached hydrogens (tertiary/aromatic N) is 1. The fourth-order valence-corrected chi connectivity index (χ4v) is 4.87. The van der Waals surface area contributed by atoms with Gasteiger partial charge in [-0.15, -0.1) is 0 Å². The highest BCUT2D eigenvalue weighted by atomic mass is 19.1. The minimum atomic E-state index is -0.831. The number of hydrogen-bond donors (Lipinski definition) is 2. The van der Waals surface area contributed by atoms with Crippen LogP contribution in [-0.4, -0.2) is 52.6 Å². The van der Waals surface area contributed by atoms with Crippen LogP contribution in [0, 0.1) is 5.82 Å². The Kier molecular flexibility index (Phi) is 8.91. The van der Waals surface area contributed by atoms with Crippen LogP contribution in [-0.2, 0) is 17.7 Å². The van der Waals surface area contributed by atoms with Gasteiger partial charge >= 0.3 is 0 Å². The zero-order valence-corrected chi connectivity index (χ0v) is 20.2. The Bertz CT molecular complexity index is 1090. The van der Waals surface area contributed by atoms with Crippen LogP contribution in [0.25, 0.3) is 0 Å². The summed E-state index contributed by atoms with van der Waals surface area (Å²) in [5.74, 6) is 0.768. The van der Waals surface area contributed by atoms with Crippen LogP contribution in [0.2, 0.25) is 0 Å². The van der Waals surface area contributed by atoms with Crippen molar-refractivity contribution in [3.8, 4) is 5.75 Å². The van der Waals surface area contributed by atoms with Gasteiger partial charge in [0.15, 0.2) is 0 Å². The summed E-state index contributed by atoms with van der Waals surface area (Å²) >= 11 is 0. The summed E-state index contributed by atoms with van der Waals surface area (Å²) in [5, 5.41) is 22.1. The van der Waals surface area contributed by atoms with Gasteiger partial charge in [0.25, 0.3) is 0 Å². The molecule has 4 atom stereocenters. The fourth-order valence-electron chi connectivity index (χ4n) is 4.87. The van der Waals surface area contributed by atoms with Crippen molar-refractivity contribution in [3.05, 3.63) is 102 Å². The van der Waals surface area contributed by atoms with Crippen LogP contribution in [0.15, 0.2) is 84.9 Å². The number of fused-ring (bicyclic) bond motifs is 1. The Morgan fingerprint density at radius 3 is 2.39 bits per heavy atom. The van der Waals surface area contributed by atoms with Crippen LogP contribution >= 0.6 is 0 Å². The molecule has 4 rings (SSSR count). The lowest BCUT2D eigenvalue weighted by Gasteiger charge is -2.35. The quantitative estimate of drug-likeness (QED) is 0.492. The highest BCUT2D eigenvalue weighted by Crippen LogP contribution is 2.30. The van der Waals surface area contributed by atoms with Gasteiger partial charge in [0.05, 0.1) is 6.33 Å². The minimum absolute atomic E-state index is 0.268. The Hall–Kier alpha value is -3.00. The highest BCUT2D eigenvalue weighted by Gasteiger charge is 2.31. The van der Waals surface area contributed by atoms with E-state index in [1.54, 1.807) is 6.07 Å². The zero-order valence-electron chi connectivity index (χ0n) is 20.2. The molecule has 0 aliphatic carbocycles. The summed E-state index contributed by atoms with van der Waals surface area (Å²) < 4.78 is 38.2. The molecule has 2 aromatic rings. The first-order chi connectivity index (χ1) is 17.5. The molecule has 0 saturated carbocycles. The predicted molar refractivity (Wildman–Crippen MR) is 134 cm³/mol. The normalized spacial score (nSPS) is 21.6. The molecule has 0 radical (unpaired) electrons. The molecule has 36 heavy (non-hydrogen) atoms. The van der Waals surface area contributed by atoms with E-state index in [2.05, 4.69) is 6.58 Å². The van der Waals surface area contributed by atoms with Gasteiger partial charge in [0, 0.05) is 19.6 Å². The molecule has 0 spiro atoms. The highest BCUT2D eigenvalue weighted by molar-refractivity contribution is 5.36. The lowest BCUT2D eigenvalue weighted by atomic mass is 9.97. The summed E-state index contributed by atoms with van der Waals surface area (Å²) in [4.78, 5) is 1.99. The van der Waals surface area contributed by atoms with Crippen molar-refractivity contribution in [2.45, 2.75) is 56.6 Å². The van der Waals surface area contributed by atoms with Gasteiger partial charge in [-0.3, -0.25) is 4.90 Å². The van der Waals surface area contributed by atoms with E-state index >= 15 is 0 Å². The summed E-state index contributed by atoms with van der Waals surface area (Å²) in [7, 11) is 0. The van der Waals surface area contributed by atoms with E-state index in [-0.39, 0.29) is 18.9 Å². The molecule has 7 heteroatoms. The molecular weight excluding hydrogens is 464 g/mol. The van der Waals surface area contributed by atoms with Crippen molar-refractivity contribution in [1.29, 1.82) is 0 Å². The van der Waals surface area contributed by atoms with Gasteiger partial charge < -0.3 is 19.7 Å². The molecule has 0 bridgehead atoms. The number of allylic oxidation sites excluding steroid dienone is 3. The first kappa shape index (κ1) is 26.1. The van der Waals surface area contributed by atoms with Gasteiger partial charge in [-0.25, -0.2) is 8.78 Å². The zero-order chi connectivity index (χ0) is 25.5. The first-order valence-electron chi connectivity index (χ1n) is 12.3. The summed E-state index contributed by atoms with van der Waals surface area (Å²) in [6.45, 7) is 4.81. The van der Waals surface area contributed by atoms with E-state index < -0.39 is 24.4 Å². The fraction of sp³-hybridized carbons (Fsp3) is 0.379. The van der Waals surface area contributed by atoms with Crippen molar-refractivity contribution < 1.29 is 28.5 Å². The average Bonchev–Trinajstić information content (AvgIpc) is 2.89. The second kappa shape index (κ2) is 12.3. The number of aliphatic hydroxyl groups is 2. The Balaban J connectivity index is 1.44. The maximum atomic E-state index is 13.5. The van der Waals surface area contributed by atoms with Crippen LogP contribution in [0.4, 0.5) is 8.78 Å². The van der Waals surface area contributed by atoms with Crippen molar-refractivity contribution in [2.75, 3.05) is 13.1 Å². The van der Waals surface area contributed by atoms with Gasteiger partial charge in [-0.2, -0.15) is 0 Å². The summed E-state index contributed by atoms with van der Waals surface area (Å²) in [5.41, 5.74) is 2.56. The largest absolute Gasteiger partial charge is 0.487 e. The number of hydrogen-bond acceptors (Lipinski definition) is 5. The van der Waals surface area contributed by atoms with Crippen LogP contribution < -0.4 is 4.74 Å². The average molecular weight is 498 g/mol. The molecular formula is C29H33F2NO4. The topological polar surface area (TPSA) is 62.2 Å². The second-order valence-electron chi connectivity index (χ2n) is 9.34. The second-order valence-corrected chi connectivity index (χ2v) is 9.34. The van der Waals surface area contributed by atoms with Gasteiger partial charge in [0.1, 0.15) is 41.7 Å². The Morgan fingerprint density at radius 1 is 1.00 bits per heavy atom. The monoisotopic (exact) mass is 497 g/mol. The van der Waals surface area contributed by atoms with Gasteiger partial charge in [0.2, 0.25) is 0 Å². The maximum absolute atomic E-state index is 13.5. The standard InChI is InChI=1S/C29H33F2NO4/c1-2-26-21(14-15-30)8-11-28(35-26)24(33)18-32(17-20-6-4-3-5-7-20)19-25(34)29-12-9-22-16-23(31)10-13-27(22)36-29/h2-7,10,13-16,24-25,28-29,33-34H,1,8-9,11-12,17-19H2/b15-14+. The molecule has 192 valence electrons. The molecule has 2 N–H and O–H groups in total. The van der Waals surface area contributed by atoms with E-state index in [0.29, 0.717) is 55.6 Å². The third kappa shape index (κ3) is 6.60. The number of halogens is 2. The third-order valence-corrected chi connectivity index (χ3v) is 6.74. The molecule has 0 saturated heterocycles. The first-order valence-corrected chi connectivity index (χ1v) is 12.3. The molecule has 2 heterocycles. The lowest BCUT2D eigenvalue weighted by Crippen LogP contribution is -2.47. The Morgan fingerprint density at radius 2 is 1.69 bits per heavy atom. The van der Waals surface area contributed by atoms with Crippen molar-refractivity contribution in [1.82, 2.24) is 4.90 Å². The molecule has 2 aliphatic heterocycles. The van der Waals surface area contributed by atoms with Crippen molar-refractivity contribution >= 4 is 0 Å². The number of ether oxygens (including phenoxy) is 2. The van der Waals surface area contributed by atoms with E-state index in [0.717, 1.165) is 11.1 Å². The van der Waals surface area contributed by atoms with Gasteiger partial charge in [-0.05, 0) is 72.7 Å². The molecule has 0 aromatic heterocycles. The predicted octanol–water partition coefficient (Wildman–Crippen LogP) is 4.85. The van der Waals surface area contributed by atoms with Crippen molar-refractivity contribution in [3.63, 3.8) is 0 Å². The smallest absolute Gasteiger partial charge is 0.126 e. The van der Waals surface area contributed by atoms with Crippen LogP contribution in [0.3, 0.4) is 0 Å². The van der Waals surface area contributed by atoms with E-state index in [1.165, 1.54) is 24.3 Å². The SMILES string of the molecule is C=CC1=C(/C=C/F)CCC(C(O)CN(Cc2ccccc2)CC(O)C2CCc3cc(F)ccc3O2)O1. The lowest BCUT2D eigenvalue weighted by molar-refractivity contribution is -0.0455. The summed E-state index contributed by atoms with van der Waals surface area (Å²) in [6, 6.07) is 14.3. The van der Waals surface area contributed by atoms with E-state index in [4.69, 9.17) is 9.47 Å². The van der Waals surface area contributed by atoms with E-state index in [9.17, 15) is 19.0 Å². The Labute approximate surface area is 211 Å². The molecule has 0 fully saturated rings. The van der Waals surface area contributed by atoms with Gasteiger partial charge in [-0.1, -0.05) is 36.9 Å². The number of benzene rings is 2. The number of aryl methyl sites for hydroxylation is 1. The third-order valence-electron chi connectivity index (χ3n) is 6.74. The minimum Gasteiger partial charge on any atom is -0.487 e. The number of rotatable bonds is 10. The molecule has 0 amide bonds. The maximum Gasteiger partial charge on any atom is 0.126 e. The molecule has 5 nitrogen and oxygen atoms in total. The van der Waals surface area contributed by atoms with Crippen molar-refractivity contribution in [2.24, 2.45) is 0 Å². The van der Waals surface area contributed by atoms with Crippen LogP contribution in [0.5, 0.6) is 5.75 Å².